The fourth-order valence-electron chi connectivity index (χ4n) is 2.73. The smallest absolute Gasteiger partial charge is 0.323 e. The lowest BCUT2D eigenvalue weighted by Gasteiger charge is -2.40. The number of aromatic nitrogens is 2. The van der Waals surface area contributed by atoms with Crippen molar-refractivity contribution in [1.82, 2.24) is 19.8 Å². The van der Waals surface area contributed by atoms with E-state index in [0.29, 0.717) is 16.5 Å². The van der Waals surface area contributed by atoms with Gasteiger partial charge < -0.3 is 4.90 Å². The molecule has 1 fully saturated rings. The first-order valence-electron chi connectivity index (χ1n) is 8.39. The van der Waals surface area contributed by atoms with Crippen LogP contribution >= 0.6 is 11.8 Å². The number of nitrogens with zero attached hydrogens (tertiary/aromatic N) is 4. The molecular formula is C18H17F3N4O2S. The summed E-state index contributed by atoms with van der Waals surface area (Å²) in [4.78, 5) is 35.2. The maximum atomic E-state index is 12.6. The number of imide groups is 1. The van der Waals surface area contributed by atoms with Gasteiger partial charge in [-0.05, 0) is 23.8 Å². The molecule has 0 radical (unpaired) electrons. The number of rotatable bonds is 5. The number of benzene rings is 1. The highest BCUT2D eigenvalue weighted by Gasteiger charge is 2.42. The van der Waals surface area contributed by atoms with Crippen LogP contribution < -0.4 is 0 Å². The molecule has 6 nitrogen and oxygen atoms in total. The number of alkyl halides is 3. The van der Waals surface area contributed by atoms with Crippen molar-refractivity contribution in [1.29, 1.82) is 0 Å². The Morgan fingerprint density at radius 2 is 1.89 bits per heavy atom. The molecule has 148 valence electrons. The van der Waals surface area contributed by atoms with Crippen LogP contribution in [0.25, 0.3) is 0 Å². The van der Waals surface area contributed by atoms with Crippen LogP contribution in [0.4, 0.5) is 18.0 Å². The van der Waals surface area contributed by atoms with Crippen LogP contribution in [-0.4, -0.2) is 50.5 Å². The second-order valence-corrected chi connectivity index (χ2v) is 7.28. The number of β-lactam (4-membered cyclic amide) rings is 1. The lowest BCUT2D eigenvalue weighted by atomic mass is 10.0. The molecule has 1 aromatic carbocycles. The van der Waals surface area contributed by atoms with Crippen LogP contribution in [0, 0.1) is 0 Å². The third kappa shape index (κ3) is 4.61. The van der Waals surface area contributed by atoms with Crippen molar-refractivity contribution in [3.05, 3.63) is 53.9 Å². The highest BCUT2D eigenvalue weighted by molar-refractivity contribution is 7.99. The topological polar surface area (TPSA) is 66.4 Å². The first-order valence-corrected chi connectivity index (χ1v) is 9.37. The zero-order valence-corrected chi connectivity index (χ0v) is 15.7. The van der Waals surface area contributed by atoms with Gasteiger partial charge in [-0.2, -0.15) is 13.2 Å². The Bertz CT molecular complexity index is 846. The second kappa shape index (κ2) is 8.17. The van der Waals surface area contributed by atoms with E-state index >= 15 is 0 Å². The van der Waals surface area contributed by atoms with Crippen LogP contribution in [0.1, 0.15) is 17.5 Å². The van der Waals surface area contributed by atoms with E-state index in [1.54, 1.807) is 18.5 Å². The van der Waals surface area contributed by atoms with E-state index in [1.807, 2.05) is 0 Å². The Labute approximate surface area is 163 Å². The summed E-state index contributed by atoms with van der Waals surface area (Å²) in [6, 6.07) is 5.56. The van der Waals surface area contributed by atoms with Gasteiger partial charge in [0.1, 0.15) is 0 Å². The van der Waals surface area contributed by atoms with E-state index in [4.69, 9.17) is 0 Å². The molecule has 1 aliphatic heterocycles. The molecule has 3 rings (SSSR count). The van der Waals surface area contributed by atoms with E-state index in [9.17, 15) is 22.8 Å². The number of hydrogen-bond donors (Lipinski definition) is 0. The Balaban J connectivity index is 1.58. The quantitative estimate of drug-likeness (QED) is 0.429. The van der Waals surface area contributed by atoms with Gasteiger partial charge in [-0.1, -0.05) is 23.9 Å². The van der Waals surface area contributed by atoms with Crippen LogP contribution in [-0.2, 0) is 17.5 Å². The summed E-state index contributed by atoms with van der Waals surface area (Å²) in [5.74, 6) is 0.208. The molecule has 3 amide bonds. The second-order valence-electron chi connectivity index (χ2n) is 6.30. The average molecular weight is 410 g/mol. The number of carbonyl (C=O) groups is 2. The minimum Gasteiger partial charge on any atom is -0.323 e. The minimum atomic E-state index is -4.41. The first-order chi connectivity index (χ1) is 13.3. The monoisotopic (exact) mass is 410 g/mol. The molecule has 0 unspecified atom stereocenters. The van der Waals surface area contributed by atoms with Gasteiger partial charge in [-0.25, -0.2) is 14.8 Å². The maximum Gasteiger partial charge on any atom is 0.416 e. The fourth-order valence-corrected chi connectivity index (χ4v) is 3.61. The van der Waals surface area contributed by atoms with Crippen molar-refractivity contribution in [2.75, 3.05) is 12.8 Å². The van der Waals surface area contributed by atoms with Gasteiger partial charge in [0.2, 0.25) is 5.91 Å². The summed E-state index contributed by atoms with van der Waals surface area (Å²) < 4.78 is 37.9. The predicted octanol–water partition coefficient (Wildman–Crippen LogP) is 3.44. The molecule has 1 saturated heterocycles. The summed E-state index contributed by atoms with van der Waals surface area (Å²) in [6.07, 6.45) is -0.915. The van der Waals surface area contributed by atoms with Crippen LogP contribution in [0.3, 0.4) is 0 Å². The van der Waals surface area contributed by atoms with Crippen LogP contribution in [0.2, 0.25) is 0 Å². The van der Waals surface area contributed by atoms with E-state index in [2.05, 4.69) is 9.97 Å². The molecule has 0 bridgehead atoms. The Hall–Kier alpha value is -2.62. The standard InChI is InChI=1S/C18H17F3N4O2S/c1-24(10-12-3-5-13(6-4-12)18(19,20)21)17(27)25-14(9-15(25)26)11-28-16-22-7-2-8-23-16/h2-8,14H,9-11H2,1H3/t14-/m1/s1. The molecule has 2 heterocycles. The zero-order chi connectivity index (χ0) is 20.3. The molecule has 10 heteroatoms. The number of thioether (sulfide) groups is 1. The summed E-state index contributed by atoms with van der Waals surface area (Å²) in [5, 5.41) is 0.562. The summed E-state index contributed by atoms with van der Waals surface area (Å²) in [5.41, 5.74) is -0.205. The predicted molar refractivity (Wildman–Crippen MR) is 96.3 cm³/mol. The minimum absolute atomic E-state index is 0.0996. The van der Waals surface area contributed by atoms with Crippen molar-refractivity contribution >= 4 is 23.7 Å². The van der Waals surface area contributed by atoms with Crippen molar-refractivity contribution in [3.63, 3.8) is 0 Å². The first kappa shape index (κ1) is 20.1. The number of urea groups is 1. The summed E-state index contributed by atoms with van der Waals surface area (Å²) >= 11 is 1.35. The molecule has 2 aromatic rings. The van der Waals surface area contributed by atoms with Gasteiger partial charge in [-0.15, -0.1) is 0 Å². The van der Waals surface area contributed by atoms with E-state index in [0.717, 1.165) is 12.1 Å². The normalized spacial score (nSPS) is 16.6. The van der Waals surface area contributed by atoms with E-state index in [1.165, 1.54) is 40.7 Å². The SMILES string of the molecule is CN(Cc1ccc(C(F)(F)F)cc1)C(=O)N1C(=O)C[C@@H]1CSc1ncccn1. The third-order valence-corrected chi connectivity index (χ3v) is 5.25. The van der Waals surface area contributed by atoms with Gasteiger partial charge >= 0.3 is 12.2 Å². The number of halogens is 3. The van der Waals surface area contributed by atoms with Crippen molar-refractivity contribution in [2.45, 2.75) is 30.3 Å². The average Bonchev–Trinajstić information content (AvgIpc) is 2.65. The molecule has 0 N–H and O–H groups in total. The number of carbonyl (C=O) groups excluding carboxylic acids is 2. The van der Waals surface area contributed by atoms with Gasteiger partial charge in [0, 0.05) is 38.2 Å². The summed E-state index contributed by atoms with van der Waals surface area (Å²) in [7, 11) is 1.51. The van der Waals surface area contributed by atoms with Gasteiger partial charge in [0.05, 0.1) is 11.6 Å². The van der Waals surface area contributed by atoms with E-state index < -0.39 is 17.8 Å². The number of amides is 3. The largest absolute Gasteiger partial charge is 0.416 e. The lowest BCUT2D eigenvalue weighted by Crippen LogP contribution is -2.59. The highest BCUT2D eigenvalue weighted by Crippen LogP contribution is 2.30. The van der Waals surface area contributed by atoms with Gasteiger partial charge in [0.25, 0.3) is 0 Å². The number of hydrogen-bond acceptors (Lipinski definition) is 5. The van der Waals surface area contributed by atoms with Crippen molar-refractivity contribution < 1.29 is 22.8 Å². The highest BCUT2D eigenvalue weighted by atomic mass is 32.2. The van der Waals surface area contributed by atoms with Crippen LogP contribution in [0.15, 0.2) is 47.9 Å². The molecule has 1 atom stereocenters. The molecule has 1 aromatic heterocycles. The molecule has 1 aliphatic rings. The van der Waals surface area contributed by atoms with Crippen molar-refractivity contribution in [2.24, 2.45) is 0 Å². The molecular weight excluding hydrogens is 393 g/mol. The maximum absolute atomic E-state index is 12.6. The fraction of sp³-hybridized carbons (Fsp3) is 0.333. The Kier molecular flexibility index (Phi) is 5.87. The lowest BCUT2D eigenvalue weighted by molar-refractivity contribution is -0.140. The Morgan fingerprint density at radius 3 is 2.46 bits per heavy atom. The number of likely N-dealkylation sites (tertiary alicyclic amines) is 1. The Morgan fingerprint density at radius 1 is 1.25 bits per heavy atom. The van der Waals surface area contributed by atoms with Gasteiger partial charge in [-0.3, -0.25) is 9.69 Å². The van der Waals surface area contributed by atoms with Gasteiger partial charge in [0.15, 0.2) is 5.16 Å². The molecule has 0 spiro atoms. The van der Waals surface area contributed by atoms with Crippen LogP contribution in [0.5, 0.6) is 0 Å². The molecule has 0 aliphatic carbocycles. The zero-order valence-electron chi connectivity index (χ0n) is 14.9. The summed E-state index contributed by atoms with van der Waals surface area (Å²) in [6.45, 7) is 0.0996. The van der Waals surface area contributed by atoms with Crippen molar-refractivity contribution in [3.8, 4) is 0 Å². The molecule has 28 heavy (non-hydrogen) atoms. The molecule has 0 saturated carbocycles. The third-order valence-electron chi connectivity index (χ3n) is 4.22. The van der Waals surface area contributed by atoms with E-state index in [-0.39, 0.29) is 24.9 Å².